The predicted molar refractivity (Wildman–Crippen MR) is 266 cm³/mol. The first kappa shape index (κ1) is 62.7. The molecule has 0 amide bonds. The molecule has 1 heterocycles. The SMILES string of the molecule is CCCCCCCCCCCCCCCCCCCCCCCCCCC(=O)OC(COC(=O)CCCCCCCCCCCCCCCC)COC1OC(CS(=O)(=O)O)C(O)C(O)C1O. The van der Waals surface area contributed by atoms with Crippen LogP contribution < -0.4 is 0 Å². The van der Waals surface area contributed by atoms with Crippen LogP contribution in [0.4, 0.5) is 0 Å². The van der Waals surface area contributed by atoms with Crippen molar-refractivity contribution in [3.63, 3.8) is 0 Å². The van der Waals surface area contributed by atoms with Crippen LogP contribution in [0.5, 0.6) is 0 Å². The van der Waals surface area contributed by atoms with Gasteiger partial charge in [-0.15, -0.1) is 0 Å². The van der Waals surface area contributed by atoms with Crippen LogP contribution in [0.3, 0.4) is 0 Å². The van der Waals surface area contributed by atoms with Crippen molar-refractivity contribution in [3.8, 4) is 0 Å². The summed E-state index contributed by atoms with van der Waals surface area (Å²) in [6, 6.07) is 0. The summed E-state index contributed by atoms with van der Waals surface area (Å²) in [5.41, 5.74) is 0. The van der Waals surface area contributed by atoms with Crippen LogP contribution in [0.15, 0.2) is 0 Å². The molecule has 1 fully saturated rings. The van der Waals surface area contributed by atoms with Crippen molar-refractivity contribution in [1.82, 2.24) is 0 Å². The van der Waals surface area contributed by atoms with E-state index in [-0.39, 0.29) is 19.4 Å². The normalized spacial score (nSPS) is 19.3. The summed E-state index contributed by atoms with van der Waals surface area (Å²) >= 11 is 0. The van der Waals surface area contributed by atoms with Gasteiger partial charge in [0.25, 0.3) is 10.1 Å². The van der Waals surface area contributed by atoms with E-state index < -0.39 is 71.2 Å². The van der Waals surface area contributed by atoms with Crippen molar-refractivity contribution >= 4 is 22.1 Å². The van der Waals surface area contributed by atoms with Gasteiger partial charge in [-0.3, -0.25) is 14.1 Å². The average Bonchev–Trinajstić information content (AvgIpc) is 3.28. The smallest absolute Gasteiger partial charge is 0.306 e. The van der Waals surface area contributed by atoms with Crippen LogP contribution in [0.2, 0.25) is 0 Å². The molecule has 0 spiro atoms. The first-order chi connectivity index (χ1) is 32.0. The summed E-state index contributed by atoms with van der Waals surface area (Å²) in [5.74, 6) is -1.96. The highest BCUT2D eigenvalue weighted by Gasteiger charge is 2.46. The maximum atomic E-state index is 12.9. The number of hydrogen-bond acceptors (Lipinski definition) is 11. The highest BCUT2D eigenvalue weighted by molar-refractivity contribution is 7.85. The third-order valence-corrected chi connectivity index (χ3v) is 13.9. The molecule has 392 valence electrons. The van der Waals surface area contributed by atoms with Crippen LogP contribution in [-0.2, 0) is 38.7 Å². The highest BCUT2D eigenvalue weighted by Crippen LogP contribution is 2.24. The minimum atomic E-state index is -4.60. The molecule has 0 aromatic heterocycles. The number of rotatable bonds is 48. The molecular formula is C53H102O12S. The van der Waals surface area contributed by atoms with E-state index in [0.29, 0.717) is 12.8 Å². The van der Waals surface area contributed by atoms with E-state index in [1.165, 1.54) is 193 Å². The topological polar surface area (TPSA) is 186 Å². The quantitative estimate of drug-likeness (QED) is 0.0257. The molecule has 6 atom stereocenters. The van der Waals surface area contributed by atoms with Gasteiger partial charge in [0.1, 0.15) is 36.8 Å². The van der Waals surface area contributed by atoms with Gasteiger partial charge in [0.15, 0.2) is 12.4 Å². The molecule has 1 saturated heterocycles. The molecule has 1 rings (SSSR count). The molecule has 13 heteroatoms. The lowest BCUT2D eigenvalue weighted by atomic mass is 10.00. The van der Waals surface area contributed by atoms with E-state index in [4.69, 9.17) is 18.9 Å². The molecule has 66 heavy (non-hydrogen) atoms. The standard InChI is InChI=1S/C53H102O12S/c1-3-5-7-9-11-13-15-17-19-20-21-22-23-24-25-26-27-28-30-32-34-36-38-40-42-49(55)64-46(44-63-53-52(58)51(57)50(56)47(65-53)45-66(59,60)61)43-62-48(54)41-39-37-35-33-31-29-18-16-14-12-10-8-6-4-2/h46-47,50-53,56-58H,3-45H2,1-2H3,(H,59,60,61). The second-order valence-electron chi connectivity index (χ2n) is 19.6. The summed E-state index contributed by atoms with van der Waals surface area (Å²) in [5, 5.41) is 31.0. The first-order valence-corrected chi connectivity index (χ1v) is 29.2. The van der Waals surface area contributed by atoms with Crippen LogP contribution >= 0.6 is 0 Å². The second-order valence-corrected chi connectivity index (χ2v) is 21.1. The number of aliphatic hydroxyl groups is 3. The van der Waals surface area contributed by atoms with Crippen molar-refractivity contribution < 1.29 is 56.8 Å². The third kappa shape index (κ3) is 37.5. The lowest BCUT2D eigenvalue weighted by Crippen LogP contribution is -2.60. The Kier molecular flexibility index (Phi) is 41.4. The monoisotopic (exact) mass is 963 g/mol. The van der Waals surface area contributed by atoms with Gasteiger partial charge in [0.05, 0.1) is 6.61 Å². The van der Waals surface area contributed by atoms with Gasteiger partial charge in [-0.2, -0.15) is 8.42 Å². The molecular weight excluding hydrogens is 861 g/mol. The maximum Gasteiger partial charge on any atom is 0.306 e. The number of ether oxygens (including phenoxy) is 4. The van der Waals surface area contributed by atoms with Crippen molar-refractivity contribution in [1.29, 1.82) is 0 Å². The van der Waals surface area contributed by atoms with E-state index in [1.807, 2.05) is 0 Å². The zero-order chi connectivity index (χ0) is 48.4. The Hall–Kier alpha value is -1.35. The largest absolute Gasteiger partial charge is 0.462 e. The second kappa shape index (κ2) is 43.7. The molecule has 0 bridgehead atoms. The third-order valence-electron chi connectivity index (χ3n) is 13.2. The number of carbonyl (C=O) groups excluding carboxylic acids is 2. The minimum absolute atomic E-state index is 0.173. The first-order valence-electron chi connectivity index (χ1n) is 27.6. The van der Waals surface area contributed by atoms with Gasteiger partial charge < -0.3 is 34.3 Å². The van der Waals surface area contributed by atoms with Gasteiger partial charge in [-0.25, -0.2) is 0 Å². The van der Waals surface area contributed by atoms with Crippen molar-refractivity contribution in [2.45, 2.75) is 307 Å². The average molecular weight is 963 g/mol. The van der Waals surface area contributed by atoms with Crippen molar-refractivity contribution in [2.24, 2.45) is 0 Å². The van der Waals surface area contributed by atoms with E-state index >= 15 is 0 Å². The molecule has 6 unspecified atom stereocenters. The van der Waals surface area contributed by atoms with Gasteiger partial charge in [0.2, 0.25) is 0 Å². The molecule has 0 aliphatic carbocycles. The van der Waals surface area contributed by atoms with Crippen LogP contribution in [0.25, 0.3) is 0 Å². The van der Waals surface area contributed by atoms with Crippen LogP contribution in [0, 0.1) is 0 Å². The van der Waals surface area contributed by atoms with Crippen molar-refractivity contribution in [3.05, 3.63) is 0 Å². The summed E-state index contributed by atoms with van der Waals surface area (Å²) in [6.07, 6.45) is 38.7. The zero-order valence-corrected chi connectivity index (χ0v) is 43.1. The van der Waals surface area contributed by atoms with Crippen molar-refractivity contribution in [2.75, 3.05) is 19.0 Å². The Balaban J connectivity index is 2.29. The van der Waals surface area contributed by atoms with E-state index in [2.05, 4.69) is 13.8 Å². The molecule has 4 N–H and O–H groups in total. The fraction of sp³-hybridized carbons (Fsp3) is 0.962. The van der Waals surface area contributed by atoms with E-state index in [9.17, 15) is 37.9 Å². The van der Waals surface area contributed by atoms with E-state index in [0.717, 1.165) is 38.5 Å². The summed E-state index contributed by atoms with van der Waals surface area (Å²) in [7, 11) is -4.60. The minimum Gasteiger partial charge on any atom is -0.462 e. The Morgan fingerprint density at radius 1 is 0.455 bits per heavy atom. The van der Waals surface area contributed by atoms with Gasteiger partial charge >= 0.3 is 11.9 Å². The molecule has 0 aromatic rings. The number of aliphatic hydroxyl groups excluding tert-OH is 3. The van der Waals surface area contributed by atoms with Crippen LogP contribution in [0.1, 0.15) is 271 Å². The molecule has 1 aliphatic rings. The lowest BCUT2D eigenvalue weighted by molar-refractivity contribution is -0.297. The Labute approximate surface area is 403 Å². The van der Waals surface area contributed by atoms with Gasteiger partial charge in [-0.05, 0) is 12.8 Å². The summed E-state index contributed by atoms with van der Waals surface area (Å²) < 4.78 is 54.3. The zero-order valence-electron chi connectivity index (χ0n) is 42.3. The highest BCUT2D eigenvalue weighted by atomic mass is 32.2. The molecule has 0 saturated carbocycles. The number of esters is 2. The maximum absolute atomic E-state index is 12.9. The van der Waals surface area contributed by atoms with E-state index in [1.54, 1.807) is 0 Å². The number of carbonyl (C=O) groups is 2. The summed E-state index contributed by atoms with van der Waals surface area (Å²) in [6.45, 7) is 3.82. The van der Waals surface area contributed by atoms with Crippen LogP contribution in [-0.4, -0.2) is 96.0 Å². The summed E-state index contributed by atoms with van der Waals surface area (Å²) in [4.78, 5) is 25.5. The fourth-order valence-corrected chi connectivity index (χ4v) is 9.61. The fourth-order valence-electron chi connectivity index (χ4n) is 8.92. The molecule has 12 nitrogen and oxygen atoms in total. The molecule has 0 aromatic carbocycles. The number of unbranched alkanes of at least 4 members (excludes halogenated alkanes) is 36. The lowest BCUT2D eigenvalue weighted by Gasteiger charge is -2.40. The van der Waals surface area contributed by atoms with Gasteiger partial charge in [-0.1, -0.05) is 245 Å². The molecule has 1 aliphatic heterocycles. The predicted octanol–water partition coefficient (Wildman–Crippen LogP) is 12.8. The molecule has 0 radical (unpaired) electrons. The Morgan fingerprint density at radius 3 is 1.11 bits per heavy atom. The van der Waals surface area contributed by atoms with Gasteiger partial charge in [0, 0.05) is 12.8 Å². The Morgan fingerprint density at radius 2 is 0.773 bits per heavy atom. The Bertz CT molecular complexity index is 1220. The number of hydrogen-bond donors (Lipinski definition) is 4.